The maximum absolute atomic E-state index is 14.7. The van der Waals surface area contributed by atoms with E-state index in [1.54, 1.807) is 35.4 Å². The molecule has 1 aliphatic heterocycles. The van der Waals surface area contributed by atoms with Crippen molar-refractivity contribution in [3.05, 3.63) is 161 Å². The number of hydrogen-bond acceptors (Lipinski definition) is 9. The van der Waals surface area contributed by atoms with Crippen LogP contribution in [0.25, 0.3) is 33.5 Å². The Labute approximate surface area is 362 Å². The van der Waals surface area contributed by atoms with Crippen molar-refractivity contribution in [3.8, 4) is 73.8 Å². The molecule has 8 rings (SSSR count). The maximum atomic E-state index is 14.7. The molecule has 7 aromatic rings. The van der Waals surface area contributed by atoms with Crippen LogP contribution in [0.5, 0.6) is 40.2 Å². The van der Waals surface area contributed by atoms with Gasteiger partial charge in [-0.25, -0.2) is 4.79 Å². The number of aromatic nitrogens is 1. The van der Waals surface area contributed by atoms with E-state index in [0.717, 1.165) is 44.6 Å². The lowest BCUT2D eigenvalue weighted by molar-refractivity contribution is 0.0514. The highest BCUT2D eigenvalue weighted by Crippen LogP contribution is 2.53. The minimum atomic E-state index is -0.481. The van der Waals surface area contributed by atoms with E-state index in [9.17, 15) is 4.79 Å². The standard InChI is InChI=1S/C52H49NO9/c1-6-59-52(54)51-49(40-29-45(58-5)47(62-33-36-20-14-9-15-21-36)30-42(40)60-31-34-16-10-7-11-17-34)48(50-39-28-44(57-4)43(56-3)26-37(39)24-25-53(50)51)38-22-23-41(55-2)46(27-38)61-32-35-18-12-8-13-19-35/h7-23,26-30H,6,24-25,31-33H2,1-5H3. The number of carbonyl (C=O) groups is 1. The van der Waals surface area contributed by atoms with Gasteiger partial charge in [-0.1, -0.05) is 97.1 Å². The van der Waals surface area contributed by atoms with Crippen molar-refractivity contribution >= 4 is 5.97 Å². The normalized spacial score (nSPS) is 11.5. The Bertz CT molecular complexity index is 2660. The summed E-state index contributed by atoms with van der Waals surface area (Å²) in [7, 11) is 6.47. The molecule has 0 bridgehead atoms. The summed E-state index contributed by atoms with van der Waals surface area (Å²) in [6.07, 6.45) is 0.615. The molecule has 0 atom stereocenters. The summed E-state index contributed by atoms with van der Waals surface area (Å²) in [6, 6.07) is 43.4. The van der Waals surface area contributed by atoms with Crippen LogP contribution in [0.15, 0.2) is 133 Å². The highest BCUT2D eigenvalue weighted by Gasteiger charge is 2.36. The average molecular weight is 832 g/mol. The average Bonchev–Trinajstić information content (AvgIpc) is 3.68. The van der Waals surface area contributed by atoms with Crippen molar-refractivity contribution < 1.29 is 42.7 Å². The summed E-state index contributed by atoms with van der Waals surface area (Å²) in [5.74, 6) is 3.21. The molecule has 0 radical (unpaired) electrons. The van der Waals surface area contributed by atoms with Gasteiger partial charge in [0.1, 0.15) is 31.3 Å². The number of esters is 1. The van der Waals surface area contributed by atoms with Crippen molar-refractivity contribution in [1.29, 1.82) is 0 Å². The molecule has 0 amide bonds. The molecule has 0 aliphatic carbocycles. The fraction of sp³-hybridized carbons (Fsp3) is 0.212. The third-order valence-electron chi connectivity index (χ3n) is 10.9. The molecular formula is C52H49NO9. The van der Waals surface area contributed by atoms with E-state index in [-0.39, 0.29) is 13.2 Å². The second-order valence-electron chi connectivity index (χ2n) is 14.6. The quantitative estimate of drug-likeness (QED) is 0.0831. The lowest BCUT2D eigenvalue weighted by Gasteiger charge is -2.24. The highest BCUT2D eigenvalue weighted by atomic mass is 16.5. The van der Waals surface area contributed by atoms with E-state index in [1.165, 1.54) is 0 Å². The SMILES string of the molecule is CCOC(=O)c1c(-c2cc(OC)c(OCc3ccccc3)cc2OCc2ccccc2)c(-c2ccc(OC)c(OCc3ccccc3)c2)c2n1CCc1cc(OC)c(OC)cc1-2. The van der Waals surface area contributed by atoms with Crippen molar-refractivity contribution in [2.24, 2.45) is 0 Å². The van der Waals surface area contributed by atoms with E-state index >= 15 is 0 Å². The van der Waals surface area contributed by atoms with Crippen LogP contribution in [0.4, 0.5) is 0 Å². The first-order chi connectivity index (χ1) is 30.4. The molecule has 0 saturated heterocycles. The molecule has 10 heteroatoms. The topological polar surface area (TPSA) is 95.8 Å². The largest absolute Gasteiger partial charge is 0.493 e. The number of benzene rings is 6. The second-order valence-corrected chi connectivity index (χ2v) is 14.6. The van der Waals surface area contributed by atoms with Crippen molar-refractivity contribution in [2.75, 3.05) is 35.0 Å². The van der Waals surface area contributed by atoms with Crippen LogP contribution in [-0.2, 0) is 37.5 Å². The predicted octanol–water partition coefficient (Wildman–Crippen LogP) is 11.0. The third-order valence-corrected chi connectivity index (χ3v) is 10.9. The molecule has 2 heterocycles. The van der Waals surface area contributed by atoms with Gasteiger partial charge in [0.2, 0.25) is 0 Å². The fourth-order valence-electron chi connectivity index (χ4n) is 7.94. The molecule has 1 aromatic heterocycles. The van der Waals surface area contributed by atoms with E-state index in [2.05, 4.69) is 4.57 Å². The first kappa shape index (κ1) is 41.4. The second kappa shape index (κ2) is 18.9. The molecular weight excluding hydrogens is 783 g/mol. The predicted molar refractivity (Wildman–Crippen MR) is 239 cm³/mol. The number of carbonyl (C=O) groups excluding carboxylic acids is 1. The molecule has 10 nitrogen and oxygen atoms in total. The molecule has 0 saturated carbocycles. The summed E-state index contributed by atoms with van der Waals surface area (Å²) in [5, 5.41) is 0. The van der Waals surface area contributed by atoms with Crippen molar-refractivity contribution in [2.45, 2.75) is 39.7 Å². The highest BCUT2D eigenvalue weighted by molar-refractivity contribution is 6.08. The first-order valence-corrected chi connectivity index (χ1v) is 20.5. The minimum absolute atomic E-state index is 0.169. The number of fused-ring (bicyclic) bond motifs is 3. The smallest absolute Gasteiger partial charge is 0.355 e. The number of hydrogen-bond donors (Lipinski definition) is 0. The zero-order chi connectivity index (χ0) is 43.0. The summed E-state index contributed by atoms with van der Waals surface area (Å²) in [5.41, 5.74) is 8.75. The van der Waals surface area contributed by atoms with Crippen molar-refractivity contribution in [3.63, 3.8) is 0 Å². The molecule has 1 aliphatic rings. The Kier molecular flexibility index (Phi) is 12.6. The molecule has 0 fully saturated rings. The van der Waals surface area contributed by atoms with Gasteiger partial charge in [0.25, 0.3) is 0 Å². The minimum Gasteiger partial charge on any atom is -0.493 e. The molecule has 62 heavy (non-hydrogen) atoms. The van der Waals surface area contributed by atoms with Crippen LogP contribution in [0.3, 0.4) is 0 Å². The maximum Gasteiger partial charge on any atom is 0.355 e. The lowest BCUT2D eigenvalue weighted by atomic mass is 9.89. The molecule has 316 valence electrons. The molecule has 0 unspecified atom stereocenters. The van der Waals surface area contributed by atoms with Gasteiger partial charge in [-0.2, -0.15) is 0 Å². The van der Waals surface area contributed by atoms with Crippen molar-refractivity contribution in [1.82, 2.24) is 4.57 Å². The zero-order valence-corrected chi connectivity index (χ0v) is 35.6. The van der Waals surface area contributed by atoms with Crippen LogP contribution >= 0.6 is 0 Å². The van der Waals surface area contributed by atoms with E-state index in [1.807, 2.05) is 133 Å². The van der Waals surface area contributed by atoms with Gasteiger partial charge in [0, 0.05) is 34.9 Å². The van der Waals surface area contributed by atoms with Gasteiger partial charge in [0.15, 0.2) is 34.5 Å². The molecule has 6 aromatic carbocycles. The Balaban J connectivity index is 1.41. The summed E-state index contributed by atoms with van der Waals surface area (Å²) >= 11 is 0. The van der Waals surface area contributed by atoms with Crippen LogP contribution < -0.4 is 33.2 Å². The summed E-state index contributed by atoms with van der Waals surface area (Å²) in [6.45, 7) is 3.31. The monoisotopic (exact) mass is 831 g/mol. The van der Waals surface area contributed by atoms with Crippen LogP contribution in [0.1, 0.15) is 39.7 Å². The fourth-order valence-corrected chi connectivity index (χ4v) is 7.94. The lowest BCUT2D eigenvalue weighted by Crippen LogP contribution is -2.18. The third kappa shape index (κ3) is 8.49. The van der Waals surface area contributed by atoms with Gasteiger partial charge in [0.05, 0.1) is 40.7 Å². The van der Waals surface area contributed by atoms with E-state index in [0.29, 0.717) is 83.2 Å². The number of rotatable bonds is 17. The number of nitrogens with zero attached hydrogens (tertiary/aromatic N) is 1. The molecule has 0 N–H and O–H groups in total. The van der Waals surface area contributed by atoms with Crippen LogP contribution in [-0.4, -0.2) is 45.6 Å². The van der Waals surface area contributed by atoms with E-state index in [4.69, 9.17) is 37.9 Å². The Hall–Kier alpha value is -7.33. The van der Waals surface area contributed by atoms with Gasteiger partial charge < -0.3 is 42.5 Å². The van der Waals surface area contributed by atoms with Crippen LogP contribution in [0, 0.1) is 0 Å². The van der Waals surface area contributed by atoms with Crippen LogP contribution in [0.2, 0.25) is 0 Å². The first-order valence-electron chi connectivity index (χ1n) is 20.5. The molecule has 0 spiro atoms. The zero-order valence-electron chi connectivity index (χ0n) is 35.6. The Morgan fingerprint density at radius 2 is 1.02 bits per heavy atom. The Morgan fingerprint density at radius 1 is 0.516 bits per heavy atom. The van der Waals surface area contributed by atoms with Gasteiger partial charge in [-0.05, 0) is 71.5 Å². The summed E-state index contributed by atoms with van der Waals surface area (Å²) in [4.78, 5) is 14.7. The number of methoxy groups -OCH3 is 4. The van der Waals surface area contributed by atoms with E-state index < -0.39 is 5.97 Å². The number of ether oxygens (including phenoxy) is 8. The van der Waals surface area contributed by atoms with Gasteiger partial charge in [-0.3, -0.25) is 0 Å². The number of aryl methyl sites for hydroxylation is 1. The van der Waals surface area contributed by atoms with Gasteiger partial charge in [-0.15, -0.1) is 0 Å². The summed E-state index contributed by atoms with van der Waals surface area (Å²) < 4.78 is 51.3. The Morgan fingerprint density at radius 3 is 1.56 bits per heavy atom. The van der Waals surface area contributed by atoms with Gasteiger partial charge >= 0.3 is 5.97 Å².